The molecular weight excluding hydrogens is 250 g/mol. The highest BCUT2D eigenvalue weighted by molar-refractivity contribution is 6.28. The Morgan fingerprint density at radius 1 is 1.39 bits per heavy atom. The largest absolute Gasteiger partial charge is 0.469 e. The second-order valence-corrected chi connectivity index (χ2v) is 5.11. The van der Waals surface area contributed by atoms with Gasteiger partial charge in [-0.1, -0.05) is 0 Å². The average Bonchev–Trinajstić information content (AvgIpc) is 3.09. The van der Waals surface area contributed by atoms with E-state index in [-0.39, 0.29) is 0 Å². The zero-order valence-electron chi connectivity index (χ0n) is 10.1. The first-order chi connectivity index (χ1) is 8.83. The summed E-state index contributed by atoms with van der Waals surface area (Å²) >= 11 is 5.82. The van der Waals surface area contributed by atoms with E-state index in [0.29, 0.717) is 17.2 Å². The van der Waals surface area contributed by atoms with Crippen molar-refractivity contribution in [2.24, 2.45) is 0 Å². The van der Waals surface area contributed by atoms with E-state index in [1.807, 2.05) is 18.2 Å². The fraction of sp³-hybridized carbons (Fsp3) is 0.429. The Labute approximate surface area is 111 Å². The van der Waals surface area contributed by atoms with Crippen molar-refractivity contribution in [2.75, 3.05) is 6.54 Å². The van der Waals surface area contributed by atoms with Crippen LogP contribution in [0.2, 0.25) is 5.22 Å². The Hall–Kier alpha value is -1.19. The van der Waals surface area contributed by atoms with E-state index >= 15 is 0 Å². The summed E-state index contributed by atoms with van der Waals surface area (Å²) in [4.78, 5) is 0. The molecule has 1 N–H and O–H groups in total. The minimum absolute atomic E-state index is 0.310. The normalized spacial score (nSPS) is 21.3. The summed E-state index contributed by atoms with van der Waals surface area (Å²) in [6.07, 6.45) is 4.95. The van der Waals surface area contributed by atoms with Crippen molar-refractivity contribution in [2.45, 2.75) is 31.2 Å². The lowest BCUT2D eigenvalue weighted by Gasteiger charge is -2.20. The van der Waals surface area contributed by atoms with Crippen LogP contribution in [0, 0.1) is 0 Å². The maximum Gasteiger partial charge on any atom is 0.193 e. The van der Waals surface area contributed by atoms with Crippen molar-refractivity contribution < 1.29 is 8.83 Å². The van der Waals surface area contributed by atoms with Crippen molar-refractivity contribution in [1.29, 1.82) is 0 Å². The van der Waals surface area contributed by atoms with Crippen LogP contribution in [-0.4, -0.2) is 12.6 Å². The van der Waals surface area contributed by atoms with Gasteiger partial charge < -0.3 is 14.2 Å². The smallest absolute Gasteiger partial charge is 0.193 e. The van der Waals surface area contributed by atoms with E-state index in [1.165, 1.54) is 12.8 Å². The first kappa shape index (κ1) is 11.9. The van der Waals surface area contributed by atoms with E-state index < -0.39 is 0 Å². The standard InChI is InChI=1S/C14H16ClNO2/c15-14-6-5-10(18-14)9-11(12-3-1-7-16-12)13-4-2-8-17-13/h2,4-6,8,11-12,16H,1,3,7,9H2. The molecule has 1 saturated heterocycles. The van der Waals surface area contributed by atoms with E-state index in [9.17, 15) is 0 Å². The third kappa shape index (κ3) is 2.47. The van der Waals surface area contributed by atoms with Gasteiger partial charge in [-0.3, -0.25) is 0 Å². The molecule has 18 heavy (non-hydrogen) atoms. The molecule has 1 fully saturated rings. The Kier molecular flexibility index (Phi) is 3.43. The summed E-state index contributed by atoms with van der Waals surface area (Å²) in [5.41, 5.74) is 0. The SMILES string of the molecule is Clc1ccc(CC(c2ccco2)C2CCCN2)o1. The summed E-state index contributed by atoms with van der Waals surface area (Å²) in [6, 6.07) is 8.16. The summed E-state index contributed by atoms with van der Waals surface area (Å²) in [5.74, 6) is 2.24. The molecule has 0 radical (unpaired) electrons. The molecule has 0 spiro atoms. The van der Waals surface area contributed by atoms with Crippen LogP contribution in [0.5, 0.6) is 0 Å². The molecule has 96 valence electrons. The zero-order chi connectivity index (χ0) is 12.4. The molecule has 1 aliphatic heterocycles. The summed E-state index contributed by atoms with van der Waals surface area (Å²) < 4.78 is 11.0. The number of hydrogen-bond acceptors (Lipinski definition) is 3. The third-order valence-electron chi connectivity index (χ3n) is 3.54. The number of rotatable bonds is 4. The molecule has 0 bridgehead atoms. The summed E-state index contributed by atoms with van der Waals surface area (Å²) in [6.45, 7) is 1.08. The molecule has 2 aromatic rings. The molecule has 3 rings (SSSR count). The highest BCUT2D eigenvalue weighted by Gasteiger charge is 2.29. The van der Waals surface area contributed by atoms with Gasteiger partial charge in [0, 0.05) is 18.4 Å². The molecule has 2 aromatic heterocycles. The van der Waals surface area contributed by atoms with Gasteiger partial charge in [0.05, 0.1) is 6.26 Å². The Bertz CT molecular complexity index is 486. The van der Waals surface area contributed by atoms with Gasteiger partial charge >= 0.3 is 0 Å². The molecule has 4 heteroatoms. The molecule has 3 heterocycles. The molecule has 0 aromatic carbocycles. The molecule has 0 aliphatic carbocycles. The zero-order valence-corrected chi connectivity index (χ0v) is 10.8. The molecule has 2 unspecified atom stereocenters. The lowest BCUT2D eigenvalue weighted by Crippen LogP contribution is -2.30. The second kappa shape index (κ2) is 5.21. The fourth-order valence-corrected chi connectivity index (χ4v) is 2.84. The summed E-state index contributed by atoms with van der Waals surface area (Å²) in [5, 5.41) is 3.98. The average molecular weight is 266 g/mol. The van der Waals surface area contributed by atoms with E-state index in [4.69, 9.17) is 20.4 Å². The molecule has 2 atom stereocenters. The van der Waals surface area contributed by atoms with Crippen LogP contribution in [-0.2, 0) is 6.42 Å². The maximum absolute atomic E-state index is 5.82. The lowest BCUT2D eigenvalue weighted by molar-refractivity contribution is 0.372. The quantitative estimate of drug-likeness (QED) is 0.918. The van der Waals surface area contributed by atoms with Crippen LogP contribution < -0.4 is 5.32 Å². The Morgan fingerprint density at radius 2 is 2.33 bits per heavy atom. The van der Waals surface area contributed by atoms with E-state index in [2.05, 4.69) is 5.32 Å². The maximum atomic E-state index is 5.82. The van der Waals surface area contributed by atoms with Crippen LogP contribution in [0.4, 0.5) is 0 Å². The highest BCUT2D eigenvalue weighted by atomic mass is 35.5. The molecule has 3 nitrogen and oxygen atoms in total. The van der Waals surface area contributed by atoms with Gasteiger partial charge in [0.25, 0.3) is 0 Å². The summed E-state index contributed by atoms with van der Waals surface area (Å²) in [7, 11) is 0. The number of halogens is 1. The predicted octanol–water partition coefficient (Wildman–Crippen LogP) is 3.60. The van der Waals surface area contributed by atoms with E-state index in [1.54, 1.807) is 12.3 Å². The number of hydrogen-bond donors (Lipinski definition) is 1. The number of furan rings is 2. The van der Waals surface area contributed by atoms with Crippen LogP contribution in [0.25, 0.3) is 0 Å². The van der Waals surface area contributed by atoms with Crippen LogP contribution in [0.3, 0.4) is 0 Å². The first-order valence-electron chi connectivity index (χ1n) is 6.34. The minimum atomic E-state index is 0.310. The lowest BCUT2D eigenvalue weighted by atomic mass is 9.91. The van der Waals surface area contributed by atoms with Crippen molar-refractivity contribution in [3.8, 4) is 0 Å². The predicted molar refractivity (Wildman–Crippen MR) is 69.9 cm³/mol. The van der Waals surface area contributed by atoms with Gasteiger partial charge in [0.2, 0.25) is 0 Å². The monoisotopic (exact) mass is 265 g/mol. The third-order valence-corrected chi connectivity index (χ3v) is 3.75. The van der Waals surface area contributed by atoms with Gasteiger partial charge in [0.1, 0.15) is 11.5 Å². The van der Waals surface area contributed by atoms with Gasteiger partial charge in [-0.05, 0) is 55.3 Å². The van der Waals surface area contributed by atoms with Crippen LogP contribution in [0.15, 0.2) is 39.4 Å². The van der Waals surface area contributed by atoms with Crippen molar-refractivity contribution in [3.63, 3.8) is 0 Å². The highest BCUT2D eigenvalue weighted by Crippen LogP contribution is 2.30. The van der Waals surface area contributed by atoms with E-state index in [0.717, 1.165) is 24.5 Å². The Balaban J connectivity index is 1.81. The van der Waals surface area contributed by atoms with Crippen molar-refractivity contribution in [1.82, 2.24) is 5.32 Å². The topological polar surface area (TPSA) is 38.3 Å². The molecule has 0 saturated carbocycles. The fourth-order valence-electron chi connectivity index (χ4n) is 2.68. The molecule has 0 amide bonds. The first-order valence-corrected chi connectivity index (χ1v) is 6.72. The minimum Gasteiger partial charge on any atom is -0.469 e. The van der Waals surface area contributed by atoms with Crippen molar-refractivity contribution >= 4 is 11.6 Å². The van der Waals surface area contributed by atoms with Gasteiger partial charge in [-0.25, -0.2) is 0 Å². The molecule has 1 aliphatic rings. The van der Waals surface area contributed by atoms with Gasteiger partial charge in [0.15, 0.2) is 5.22 Å². The Morgan fingerprint density at radius 3 is 2.94 bits per heavy atom. The van der Waals surface area contributed by atoms with Gasteiger partial charge in [-0.2, -0.15) is 0 Å². The van der Waals surface area contributed by atoms with Gasteiger partial charge in [-0.15, -0.1) is 0 Å². The second-order valence-electron chi connectivity index (χ2n) is 4.73. The molecular formula is C14H16ClNO2. The number of nitrogens with one attached hydrogen (secondary N) is 1. The van der Waals surface area contributed by atoms with Crippen LogP contribution in [0.1, 0.15) is 30.3 Å². The van der Waals surface area contributed by atoms with Crippen molar-refractivity contribution in [3.05, 3.63) is 47.3 Å². The van der Waals surface area contributed by atoms with Crippen LogP contribution >= 0.6 is 11.6 Å².